The summed E-state index contributed by atoms with van der Waals surface area (Å²) in [4.78, 5) is 58.1. The number of hydrogen-bond donors (Lipinski definition) is 1. The van der Waals surface area contributed by atoms with Gasteiger partial charge in [0.15, 0.2) is 0 Å². The van der Waals surface area contributed by atoms with E-state index in [1.165, 1.54) is 22.9 Å². The van der Waals surface area contributed by atoms with Crippen molar-refractivity contribution in [1.29, 1.82) is 0 Å². The molecular weight excluding hydrogens is 636 g/mol. The first-order valence-corrected chi connectivity index (χ1v) is 17.2. The molecule has 4 heterocycles. The van der Waals surface area contributed by atoms with Crippen molar-refractivity contribution in [3.8, 4) is 0 Å². The molecule has 4 aliphatic rings. The lowest BCUT2D eigenvalue weighted by Crippen LogP contribution is -2.44. The Morgan fingerprint density at radius 2 is 0.933 bits per heavy atom. The maximum Gasteiger partial charge on any atom is 0.261 e. The number of amides is 4. The molecular formula is C34H47BrN6O4. The number of carbonyl (C=O) groups is 4. The quantitative estimate of drug-likeness (QED) is 0.245. The molecule has 0 radical (unpaired) electrons. The van der Waals surface area contributed by atoms with Crippen LogP contribution in [0.4, 0.5) is 0 Å². The number of hydrogen-bond acceptors (Lipinski definition) is 8. The summed E-state index contributed by atoms with van der Waals surface area (Å²) in [6, 6.07) is 14.1. The van der Waals surface area contributed by atoms with E-state index in [4.69, 9.17) is 0 Å². The van der Waals surface area contributed by atoms with Crippen molar-refractivity contribution in [3.05, 3.63) is 70.8 Å². The molecule has 6 rings (SSSR count). The molecule has 2 aromatic rings. The third-order valence-electron chi connectivity index (χ3n) is 8.56. The van der Waals surface area contributed by atoms with Crippen molar-refractivity contribution in [2.75, 3.05) is 91.4 Å². The molecule has 2 fully saturated rings. The number of piperazine rings is 2. The number of nitrogens with zero attached hydrogens (tertiary/aromatic N) is 5. The first kappa shape index (κ1) is 34.9. The maximum absolute atomic E-state index is 12.2. The normalized spacial score (nSPS) is 18.7. The zero-order valence-corrected chi connectivity index (χ0v) is 28.3. The summed E-state index contributed by atoms with van der Waals surface area (Å²) in [5, 5.41) is 4.17. The van der Waals surface area contributed by atoms with Gasteiger partial charge in [-0.2, -0.15) is 0 Å². The third-order valence-corrected chi connectivity index (χ3v) is 9.13. The monoisotopic (exact) mass is 682 g/mol. The van der Waals surface area contributed by atoms with Crippen LogP contribution in [0.2, 0.25) is 0 Å². The fourth-order valence-electron chi connectivity index (χ4n) is 5.70. The second-order valence-electron chi connectivity index (χ2n) is 11.9. The largest absolute Gasteiger partial charge is 0.314 e. The molecule has 1 N–H and O–H groups in total. The molecule has 11 heteroatoms. The molecule has 0 aromatic heterocycles. The number of benzene rings is 2. The van der Waals surface area contributed by atoms with E-state index in [9.17, 15) is 19.2 Å². The van der Waals surface area contributed by atoms with Crippen LogP contribution < -0.4 is 5.32 Å². The molecule has 0 atom stereocenters. The van der Waals surface area contributed by atoms with Crippen LogP contribution in [-0.2, 0) is 0 Å². The minimum atomic E-state index is -0.157. The van der Waals surface area contributed by atoms with Gasteiger partial charge in [0.05, 0.1) is 22.3 Å². The standard InChI is InChI=1S/C17H23N3O2.C12H12BrNO2.C5H12N2/c1-18-10-12-19(13-11-18)8-4-5-9-20-16(21)14-6-2-3-7-15(14)17(20)22;13-7-3-4-8-14-11(15)9-5-1-2-6-10(9)12(14)16;1-7-4-2-6-3-5-7/h2-3,6-7H,4-5,8-13H2,1H3;1-2,5-6H,3-4,7-8H2;6H,2-5H2,1H3. The summed E-state index contributed by atoms with van der Waals surface area (Å²) < 4.78 is 0. The van der Waals surface area contributed by atoms with Crippen molar-refractivity contribution in [2.24, 2.45) is 0 Å². The second-order valence-corrected chi connectivity index (χ2v) is 12.7. The van der Waals surface area contributed by atoms with Gasteiger partial charge in [0.25, 0.3) is 23.6 Å². The number of unbranched alkanes of at least 4 members (excludes halogenated alkanes) is 2. The van der Waals surface area contributed by atoms with Gasteiger partial charge < -0.3 is 20.0 Å². The van der Waals surface area contributed by atoms with Crippen LogP contribution in [0.15, 0.2) is 48.5 Å². The number of likely N-dealkylation sites (N-methyl/N-ethyl adjacent to an activating group) is 2. The molecule has 10 nitrogen and oxygen atoms in total. The van der Waals surface area contributed by atoms with Gasteiger partial charge in [-0.25, -0.2) is 0 Å². The minimum Gasteiger partial charge on any atom is -0.314 e. The predicted molar refractivity (Wildman–Crippen MR) is 180 cm³/mol. The molecule has 4 amide bonds. The molecule has 2 aromatic carbocycles. The van der Waals surface area contributed by atoms with Crippen LogP contribution in [0.1, 0.15) is 67.1 Å². The average molecular weight is 684 g/mol. The molecule has 4 aliphatic heterocycles. The van der Waals surface area contributed by atoms with Crippen molar-refractivity contribution in [3.63, 3.8) is 0 Å². The Kier molecular flexibility index (Phi) is 13.7. The molecule has 0 spiro atoms. The highest BCUT2D eigenvalue weighted by molar-refractivity contribution is 9.09. The Morgan fingerprint density at radius 1 is 0.556 bits per heavy atom. The van der Waals surface area contributed by atoms with Crippen LogP contribution >= 0.6 is 15.9 Å². The summed E-state index contributed by atoms with van der Waals surface area (Å²) in [5.41, 5.74) is 2.16. The number of rotatable bonds is 9. The fraction of sp³-hybridized carbons (Fsp3) is 0.529. The van der Waals surface area contributed by atoms with Crippen molar-refractivity contribution in [1.82, 2.24) is 29.8 Å². The number of halogens is 1. The van der Waals surface area contributed by atoms with Gasteiger partial charge >= 0.3 is 0 Å². The Labute approximate surface area is 275 Å². The summed E-state index contributed by atoms with van der Waals surface area (Å²) in [6.07, 6.45) is 3.71. The van der Waals surface area contributed by atoms with Crippen LogP contribution in [0.3, 0.4) is 0 Å². The average Bonchev–Trinajstić information content (AvgIpc) is 3.45. The SMILES string of the molecule is CN1CCN(CCCCN2C(=O)c3ccccc3C2=O)CC1.CN1CCNCC1.O=C1c2ccccc2C(=O)N1CCCCBr. The van der Waals surface area contributed by atoms with Crippen LogP contribution in [0, 0.1) is 0 Å². The van der Waals surface area contributed by atoms with Gasteiger partial charge in [0, 0.05) is 70.8 Å². The zero-order valence-electron chi connectivity index (χ0n) is 26.7. The summed E-state index contributed by atoms with van der Waals surface area (Å²) in [5.74, 6) is -0.592. The highest BCUT2D eigenvalue weighted by Crippen LogP contribution is 2.23. The Morgan fingerprint density at radius 3 is 1.31 bits per heavy atom. The van der Waals surface area contributed by atoms with Crippen molar-refractivity contribution in [2.45, 2.75) is 25.7 Å². The van der Waals surface area contributed by atoms with Gasteiger partial charge in [-0.15, -0.1) is 0 Å². The highest BCUT2D eigenvalue weighted by atomic mass is 79.9. The molecule has 0 aliphatic carbocycles. The van der Waals surface area contributed by atoms with E-state index < -0.39 is 0 Å². The lowest BCUT2D eigenvalue weighted by Gasteiger charge is -2.32. The number of alkyl halides is 1. The van der Waals surface area contributed by atoms with Crippen molar-refractivity contribution < 1.29 is 19.2 Å². The Hall–Kier alpha value is -2.96. The van der Waals surface area contributed by atoms with Gasteiger partial charge in [-0.1, -0.05) is 40.2 Å². The molecule has 2 saturated heterocycles. The predicted octanol–water partition coefficient (Wildman–Crippen LogP) is 3.29. The fourth-order valence-corrected chi connectivity index (χ4v) is 6.10. The first-order valence-electron chi connectivity index (χ1n) is 16.1. The molecule has 45 heavy (non-hydrogen) atoms. The van der Waals surface area contributed by atoms with E-state index in [-0.39, 0.29) is 23.6 Å². The number of fused-ring (bicyclic) bond motifs is 2. The topological polar surface area (TPSA) is 96.5 Å². The summed E-state index contributed by atoms with van der Waals surface area (Å²) in [6.45, 7) is 11.3. The van der Waals surface area contributed by atoms with Gasteiger partial charge in [-0.05, 0) is 70.6 Å². The van der Waals surface area contributed by atoms with Crippen LogP contribution in [0.5, 0.6) is 0 Å². The molecule has 0 bridgehead atoms. The lowest BCUT2D eigenvalue weighted by atomic mass is 10.1. The summed E-state index contributed by atoms with van der Waals surface area (Å²) >= 11 is 3.33. The zero-order chi connectivity index (χ0) is 32.2. The third kappa shape index (κ3) is 9.52. The van der Waals surface area contributed by atoms with E-state index in [0.717, 1.165) is 76.8 Å². The van der Waals surface area contributed by atoms with E-state index in [1.54, 1.807) is 48.5 Å². The Balaban J connectivity index is 0.000000174. The second kappa shape index (κ2) is 17.7. The summed E-state index contributed by atoms with van der Waals surface area (Å²) in [7, 11) is 4.31. The van der Waals surface area contributed by atoms with Crippen LogP contribution in [-0.4, -0.2) is 140 Å². The number of imide groups is 2. The smallest absolute Gasteiger partial charge is 0.261 e. The molecule has 0 saturated carbocycles. The van der Waals surface area contributed by atoms with Crippen molar-refractivity contribution >= 4 is 39.6 Å². The van der Waals surface area contributed by atoms with Gasteiger partial charge in [0.1, 0.15) is 0 Å². The first-order chi connectivity index (χ1) is 21.8. The maximum atomic E-state index is 12.2. The minimum absolute atomic E-state index is 0.139. The van der Waals surface area contributed by atoms with E-state index in [1.807, 2.05) is 0 Å². The van der Waals surface area contributed by atoms with Crippen LogP contribution in [0.25, 0.3) is 0 Å². The van der Waals surface area contributed by atoms with E-state index in [2.05, 4.69) is 50.0 Å². The molecule has 0 unspecified atom stereocenters. The lowest BCUT2D eigenvalue weighted by molar-refractivity contribution is 0.0635. The van der Waals surface area contributed by atoms with Gasteiger partial charge in [0.2, 0.25) is 0 Å². The number of nitrogens with one attached hydrogen (secondary N) is 1. The number of carbonyl (C=O) groups excluding carboxylic acids is 4. The Bertz CT molecular complexity index is 1240. The van der Waals surface area contributed by atoms with Gasteiger partial charge in [-0.3, -0.25) is 29.0 Å². The van der Waals surface area contributed by atoms with E-state index >= 15 is 0 Å². The van der Waals surface area contributed by atoms with E-state index in [0.29, 0.717) is 35.3 Å². The molecule has 244 valence electrons. The highest BCUT2D eigenvalue weighted by Gasteiger charge is 2.35.